The predicted molar refractivity (Wildman–Crippen MR) is 182 cm³/mol. The normalized spacial score (nSPS) is 32.9. The van der Waals surface area contributed by atoms with Gasteiger partial charge in [0.1, 0.15) is 36.6 Å². The molecule has 1 spiro atoms. The van der Waals surface area contributed by atoms with Gasteiger partial charge >= 0.3 is 6.16 Å². The van der Waals surface area contributed by atoms with E-state index in [2.05, 4.69) is 27.4 Å². The average molecular weight is 663 g/mol. The Morgan fingerprint density at radius 2 is 1.40 bits per heavy atom. The van der Waals surface area contributed by atoms with Crippen molar-refractivity contribution in [3.63, 3.8) is 0 Å². The van der Waals surface area contributed by atoms with E-state index in [0.29, 0.717) is 25.0 Å². The van der Waals surface area contributed by atoms with Crippen LogP contribution < -0.4 is 0 Å². The van der Waals surface area contributed by atoms with Crippen LogP contribution in [0.25, 0.3) is 0 Å². The lowest BCUT2D eigenvalue weighted by atomic mass is 9.75. The molecule has 4 aliphatic rings. The van der Waals surface area contributed by atoms with Gasteiger partial charge in [0.05, 0.1) is 19.8 Å². The summed E-state index contributed by atoms with van der Waals surface area (Å²) in [6.45, 7) is 11.4. The zero-order valence-corrected chi connectivity index (χ0v) is 28.9. The van der Waals surface area contributed by atoms with Gasteiger partial charge in [0.2, 0.25) is 0 Å². The van der Waals surface area contributed by atoms with E-state index < -0.39 is 48.6 Å². The molecule has 6 rings (SSSR count). The van der Waals surface area contributed by atoms with Gasteiger partial charge in [-0.3, -0.25) is 0 Å². The van der Waals surface area contributed by atoms with Gasteiger partial charge in [0, 0.05) is 12.8 Å². The maximum atomic E-state index is 13.8. The fourth-order valence-electron chi connectivity index (χ4n) is 8.17. The number of carbonyl (C=O) groups is 1. The highest BCUT2D eigenvalue weighted by molar-refractivity contribution is 5.60. The molecule has 9 atom stereocenters. The summed E-state index contributed by atoms with van der Waals surface area (Å²) >= 11 is 0. The SMILES string of the molecule is C=CCO[C@@H]1[C@@H](OCc2ccccc2)[C@H](OCc2ccccc2)[C@H]2OC3(CCCCC3)O[C@H]2[C@H]1OC(=O)O[C@@H]1C[C@H](C)CC[C@H]1C(C)C. The Hall–Kier alpha value is -2.75. The minimum absolute atomic E-state index is 0.203. The summed E-state index contributed by atoms with van der Waals surface area (Å²) in [6, 6.07) is 20.1. The highest BCUT2D eigenvalue weighted by atomic mass is 16.8. The van der Waals surface area contributed by atoms with Gasteiger partial charge in [-0.15, -0.1) is 6.58 Å². The number of hydrogen-bond acceptors (Lipinski definition) is 8. The van der Waals surface area contributed by atoms with Gasteiger partial charge < -0.3 is 33.2 Å². The zero-order valence-electron chi connectivity index (χ0n) is 28.9. The van der Waals surface area contributed by atoms with Gasteiger partial charge in [-0.05, 0) is 54.6 Å². The summed E-state index contributed by atoms with van der Waals surface area (Å²) in [6.07, 6.45) is 4.51. The highest BCUT2D eigenvalue weighted by Gasteiger charge is 2.63. The largest absolute Gasteiger partial charge is 0.509 e. The van der Waals surface area contributed by atoms with E-state index in [-0.39, 0.29) is 18.6 Å². The molecule has 0 bridgehead atoms. The van der Waals surface area contributed by atoms with E-state index in [9.17, 15) is 4.79 Å². The molecule has 262 valence electrons. The van der Waals surface area contributed by atoms with Crippen LogP contribution in [0.15, 0.2) is 73.3 Å². The first-order chi connectivity index (χ1) is 23.4. The van der Waals surface area contributed by atoms with Crippen LogP contribution >= 0.6 is 0 Å². The summed E-state index contributed by atoms with van der Waals surface area (Å²) < 4.78 is 46.3. The lowest BCUT2D eigenvalue weighted by molar-refractivity contribution is -0.240. The van der Waals surface area contributed by atoms with Crippen LogP contribution in [0, 0.1) is 17.8 Å². The lowest BCUT2D eigenvalue weighted by Gasteiger charge is -2.46. The van der Waals surface area contributed by atoms with Crippen LogP contribution in [0.1, 0.15) is 83.3 Å². The first kappa shape index (κ1) is 35.1. The molecule has 8 heteroatoms. The van der Waals surface area contributed by atoms with Crippen LogP contribution in [0.3, 0.4) is 0 Å². The molecular formula is C40H54O8. The Labute approximate surface area is 286 Å². The third-order valence-electron chi connectivity index (χ3n) is 10.7. The van der Waals surface area contributed by atoms with Crippen LogP contribution in [-0.4, -0.2) is 61.3 Å². The predicted octanol–water partition coefficient (Wildman–Crippen LogP) is 8.17. The molecule has 48 heavy (non-hydrogen) atoms. The van der Waals surface area contributed by atoms with E-state index in [1.54, 1.807) is 6.08 Å². The highest BCUT2D eigenvalue weighted by Crippen LogP contribution is 2.48. The molecule has 1 aliphatic heterocycles. The van der Waals surface area contributed by atoms with Crippen LogP contribution in [0.2, 0.25) is 0 Å². The molecule has 3 saturated carbocycles. The van der Waals surface area contributed by atoms with Gasteiger partial charge in [-0.1, -0.05) is 100 Å². The van der Waals surface area contributed by atoms with E-state index in [0.717, 1.165) is 62.5 Å². The number of rotatable bonds is 12. The Balaban J connectivity index is 1.32. The third kappa shape index (κ3) is 8.33. The summed E-state index contributed by atoms with van der Waals surface area (Å²) in [5.74, 6) is 0.396. The van der Waals surface area contributed by atoms with Gasteiger partial charge in [-0.25, -0.2) is 4.79 Å². The van der Waals surface area contributed by atoms with Gasteiger partial charge in [0.15, 0.2) is 11.9 Å². The Kier molecular flexibility index (Phi) is 11.9. The fraction of sp³-hybridized carbons (Fsp3) is 0.625. The summed E-state index contributed by atoms with van der Waals surface area (Å²) in [5.41, 5.74) is 2.05. The second kappa shape index (κ2) is 16.3. The number of fused-ring (bicyclic) bond motifs is 1. The summed E-state index contributed by atoms with van der Waals surface area (Å²) in [5, 5.41) is 0. The Morgan fingerprint density at radius 1 is 0.812 bits per heavy atom. The van der Waals surface area contributed by atoms with Crippen LogP contribution in [-0.2, 0) is 46.4 Å². The first-order valence-electron chi connectivity index (χ1n) is 18.1. The van der Waals surface area contributed by atoms with Crippen LogP contribution in [0.4, 0.5) is 4.79 Å². The second-order valence-corrected chi connectivity index (χ2v) is 14.6. The van der Waals surface area contributed by atoms with Gasteiger partial charge in [-0.2, -0.15) is 0 Å². The molecule has 3 aliphatic carbocycles. The third-order valence-corrected chi connectivity index (χ3v) is 10.7. The molecule has 1 heterocycles. The van der Waals surface area contributed by atoms with Crippen molar-refractivity contribution >= 4 is 6.16 Å². The van der Waals surface area contributed by atoms with Crippen molar-refractivity contribution < 1.29 is 38.0 Å². The van der Waals surface area contributed by atoms with E-state index in [1.165, 1.54) is 0 Å². The number of carbonyl (C=O) groups excluding carboxylic acids is 1. The van der Waals surface area contributed by atoms with Gasteiger partial charge in [0.25, 0.3) is 0 Å². The van der Waals surface area contributed by atoms with Crippen molar-refractivity contribution in [2.45, 2.75) is 134 Å². The quantitative estimate of drug-likeness (QED) is 0.166. The molecule has 8 nitrogen and oxygen atoms in total. The molecule has 0 amide bonds. The van der Waals surface area contributed by atoms with Crippen LogP contribution in [0.5, 0.6) is 0 Å². The average Bonchev–Trinajstić information content (AvgIpc) is 3.45. The number of benzene rings is 2. The molecular weight excluding hydrogens is 608 g/mol. The van der Waals surface area contributed by atoms with E-state index in [1.807, 2.05) is 60.7 Å². The minimum Gasteiger partial charge on any atom is -0.431 e. The fourth-order valence-corrected chi connectivity index (χ4v) is 8.17. The van der Waals surface area contributed by atoms with Crippen molar-refractivity contribution in [2.75, 3.05) is 6.61 Å². The molecule has 4 fully saturated rings. The minimum atomic E-state index is -0.848. The number of hydrogen-bond donors (Lipinski definition) is 0. The van der Waals surface area contributed by atoms with E-state index >= 15 is 0 Å². The maximum absolute atomic E-state index is 13.8. The van der Waals surface area contributed by atoms with Crippen molar-refractivity contribution in [1.29, 1.82) is 0 Å². The maximum Gasteiger partial charge on any atom is 0.509 e. The second-order valence-electron chi connectivity index (χ2n) is 14.6. The van der Waals surface area contributed by atoms with E-state index in [4.69, 9.17) is 33.2 Å². The topological polar surface area (TPSA) is 81.7 Å². The summed E-state index contributed by atoms with van der Waals surface area (Å²) in [4.78, 5) is 13.8. The Morgan fingerprint density at radius 3 is 2.00 bits per heavy atom. The Bertz CT molecular complexity index is 1290. The smallest absolute Gasteiger partial charge is 0.431 e. The molecule has 0 radical (unpaired) electrons. The molecule has 2 aromatic rings. The monoisotopic (exact) mass is 662 g/mol. The molecule has 0 N–H and O–H groups in total. The zero-order chi connectivity index (χ0) is 33.5. The van der Waals surface area contributed by atoms with Crippen molar-refractivity contribution in [1.82, 2.24) is 0 Å². The molecule has 1 saturated heterocycles. The summed E-state index contributed by atoms with van der Waals surface area (Å²) in [7, 11) is 0. The van der Waals surface area contributed by atoms with Crippen molar-refractivity contribution in [2.24, 2.45) is 17.8 Å². The molecule has 2 aromatic carbocycles. The number of ether oxygens (including phenoxy) is 7. The van der Waals surface area contributed by atoms with Crippen molar-refractivity contribution in [3.05, 3.63) is 84.4 Å². The molecule has 0 aromatic heterocycles. The molecule has 0 unspecified atom stereocenters. The lowest BCUT2D eigenvalue weighted by Crippen LogP contribution is -2.65. The standard InChI is InChI=1S/C40H54O8/c1-5-23-42-34-33(43-25-29-15-9-6-10-16-29)35(44-26-30-17-11-7-12-18-30)37-38(48-40(47-37)21-13-8-14-22-40)36(34)46-39(41)45-32-24-28(4)19-20-31(32)27(2)3/h5-7,9-12,15-18,27-28,31-38H,1,8,13-14,19-26H2,2-4H3/t28-,31+,32-,33-,34-,35+,36+,37-,38+/m1/s1. The first-order valence-corrected chi connectivity index (χ1v) is 18.1. The van der Waals surface area contributed by atoms with Crippen molar-refractivity contribution in [3.8, 4) is 0 Å².